The van der Waals surface area contributed by atoms with Gasteiger partial charge in [-0.05, 0) is 23.8 Å². The number of anilines is 2. The van der Waals surface area contributed by atoms with Gasteiger partial charge in [-0.1, -0.05) is 78.9 Å². The largest absolute Gasteiger partial charge is 0.388 e. The predicted octanol–water partition coefficient (Wildman–Crippen LogP) is 4.41. The summed E-state index contributed by atoms with van der Waals surface area (Å²) in [5.41, 5.74) is 4.38. The van der Waals surface area contributed by atoms with Crippen LogP contribution in [0.25, 0.3) is 0 Å². The monoisotopic (exact) mass is 450 g/mol. The van der Waals surface area contributed by atoms with Crippen molar-refractivity contribution >= 4 is 23.4 Å². The number of aliphatic imine (C=N–C) groups is 1. The molecule has 1 aromatic heterocycles. The Kier molecular flexibility index (Phi) is 7.30. The van der Waals surface area contributed by atoms with Gasteiger partial charge in [-0.2, -0.15) is 0 Å². The molecule has 170 valence electrons. The first kappa shape index (κ1) is 22.7. The molecule has 0 saturated heterocycles. The number of rotatable bonds is 9. The molecule has 4 aromatic rings. The summed E-state index contributed by atoms with van der Waals surface area (Å²) in [5, 5.41) is 6.20. The SMILES string of the molecule is CNc1ccccc1C(=NC(C=O)Nc1cccn(Cc2ccccc2)c1=O)c1ccccc1. The van der Waals surface area contributed by atoms with E-state index in [4.69, 9.17) is 4.99 Å². The maximum atomic E-state index is 13.1. The molecule has 0 amide bonds. The van der Waals surface area contributed by atoms with Crippen LogP contribution in [0.2, 0.25) is 0 Å². The first-order valence-corrected chi connectivity index (χ1v) is 11.0. The summed E-state index contributed by atoms with van der Waals surface area (Å²) in [6, 6.07) is 30.7. The molecule has 3 aromatic carbocycles. The number of benzene rings is 3. The van der Waals surface area contributed by atoms with Gasteiger partial charge in [0, 0.05) is 30.1 Å². The van der Waals surface area contributed by atoms with Crippen molar-refractivity contribution in [2.45, 2.75) is 12.7 Å². The zero-order valence-corrected chi connectivity index (χ0v) is 18.9. The lowest BCUT2D eigenvalue weighted by molar-refractivity contribution is -0.108. The third-order valence-electron chi connectivity index (χ3n) is 5.42. The van der Waals surface area contributed by atoms with Gasteiger partial charge >= 0.3 is 0 Å². The topological polar surface area (TPSA) is 75.5 Å². The highest BCUT2D eigenvalue weighted by Crippen LogP contribution is 2.20. The smallest absolute Gasteiger partial charge is 0.274 e. The van der Waals surface area contributed by atoms with Gasteiger partial charge in [-0.15, -0.1) is 0 Å². The van der Waals surface area contributed by atoms with Gasteiger partial charge in [0.25, 0.3) is 5.56 Å². The van der Waals surface area contributed by atoms with Crippen LogP contribution in [0.3, 0.4) is 0 Å². The van der Waals surface area contributed by atoms with E-state index in [1.807, 2.05) is 92.0 Å². The Balaban J connectivity index is 1.69. The predicted molar refractivity (Wildman–Crippen MR) is 138 cm³/mol. The quantitative estimate of drug-likeness (QED) is 0.293. The van der Waals surface area contributed by atoms with Gasteiger partial charge in [-0.3, -0.25) is 14.6 Å². The molecule has 6 nitrogen and oxygen atoms in total. The van der Waals surface area contributed by atoms with Crippen molar-refractivity contribution in [2.24, 2.45) is 4.99 Å². The number of hydrogen-bond donors (Lipinski definition) is 2. The van der Waals surface area contributed by atoms with E-state index in [0.29, 0.717) is 24.2 Å². The van der Waals surface area contributed by atoms with Crippen LogP contribution in [0, 0.1) is 0 Å². The van der Waals surface area contributed by atoms with Crippen molar-refractivity contribution in [2.75, 3.05) is 17.7 Å². The van der Waals surface area contributed by atoms with Gasteiger partial charge in [0.05, 0.1) is 12.3 Å². The third kappa shape index (κ3) is 5.30. The highest BCUT2D eigenvalue weighted by molar-refractivity contribution is 6.16. The highest BCUT2D eigenvalue weighted by Gasteiger charge is 2.15. The van der Waals surface area contributed by atoms with Gasteiger partial charge in [0.2, 0.25) is 0 Å². The number of pyridine rings is 1. The molecule has 0 radical (unpaired) electrons. The van der Waals surface area contributed by atoms with Crippen LogP contribution >= 0.6 is 0 Å². The summed E-state index contributed by atoms with van der Waals surface area (Å²) in [6.07, 6.45) is 1.50. The second-order valence-corrected chi connectivity index (χ2v) is 7.71. The average molecular weight is 451 g/mol. The Morgan fingerprint density at radius 3 is 2.24 bits per heavy atom. The number of nitrogens with one attached hydrogen (secondary N) is 2. The maximum Gasteiger partial charge on any atom is 0.274 e. The molecule has 0 fully saturated rings. The number of carbonyl (C=O) groups excluding carboxylic acids is 1. The summed E-state index contributed by atoms with van der Waals surface area (Å²) in [6.45, 7) is 0.440. The molecule has 34 heavy (non-hydrogen) atoms. The summed E-state index contributed by atoms with van der Waals surface area (Å²) in [4.78, 5) is 29.9. The first-order chi connectivity index (χ1) is 16.7. The number of aldehydes is 1. The molecule has 1 heterocycles. The Morgan fingerprint density at radius 1 is 0.882 bits per heavy atom. The number of carbonyl (C=O) groups is 1. The van der Waals surface area contributed by atoms with Crippen molar-refractivity contribution in [3.63, 3.8) is 0 Å². The van der Waals surface area contributed by atoms with Crippen molar-refractivity contribution in [3.05, 3.63) is 130 Å². The number of hydrogen-bond acceptors (Lipinski definition) is 5. The molecular formula is C28H26N4O2. The van der Waals surface area contributed by atoms with Crippen LogP contribution in [0.1, 0.15) is 16.7 Å². The van der Waals surface area contributed by atoms with E-state index >= 15 is 0 Å². The molecule has 0 aliphatic carbocycles. The fraction of sp³-hybridized carbons (Fsp3) is 0.107. The third-order valence-corrected chi connectivity index (χ3v) is 5.42. The van der Waals surface area contributed by atoms with Crippen molar-refractivity contribution in [3.8, 4) is 0 Å². The highest BCUT2D eigenvalue weighted by atomic mass is 16.1. The molecule has 6 heteroatoms. The molecule has 0 bridgehead atoms. The minimum atomic E-state index is -0.944. The van der Waals surface area contributed by atoms with E-state index in [2.05, 4.69) is 10.6 Å². The molecule has 0 aliphatic heterocycles. The van der Waals surface area contributed by atoms with Crippen LogP contribution < -0.4 is 16.2 Å². The number of aromatic nitrogens is 1. The minimum Gasteiger partial charge on any atom is -0.388 e. The lowest BCUT2D eigenvalue weighted by atomic mass is 10.0. The Bertz CT molecular complexity index is 1330. The summed E-state index contributed by atoms with van der Waals surface area (Å²) < 4.78 is 1.61. The molecule has 1 atom stereocenters. The van der Waals surface area contributed by atoms with Gasteiger partial charge in [-0.25, -0.2) is 0 Å². The van der Waals surface area contributed by atoms with Crippen molar-refractivity contribution < 1.29 is 4.79 Å². The zero-order valence-electron chi connectivity index (χ0n) is 18.9. The van der Waals surface area contributed by atoms with Crippen LogP contribution in [-0.4, -0.2) is 29.8 Å². The zero-order chi connectivity index (χ0) is 23.8. The van der Waals surface area contributed by atoms with E-state index < -0.39 is 6.17 Å². The molecule has 2 N–H and O–H groups in total. The van der Waals surface area contributed by atoms with Crippen LogP contribution in [0.5, 0.6) is 0 Å². The van der Waals surface area contributed by atoms with E-state index in [1.54, 1.807) is 22.9 Å². The van der Waals surface area contributed by atoms with Gasteiger partial charge < -0.3 is 15.2 Å². The van der Waals surface area contributed by atoms with E-state index in [0.717, 1.165) is 22.4 Å². The fourth-order valence-corrected chi connectivity index (χ4v) is 3.75. The van der Waals surface area contributed by atoms with Crippen LogP contribution in [-0.2, 0) is 11.3 Å². The maximum absolute atomic E-state index is 13.1. The Morgan fingerprint density at radius 2 is 1.53 bits per heavy atom. The number of nitrogens with zero attached hydrogens (tertiary/aromatic N) is 2. The second kappa shape index (κ2) is 10.9. The van der Waals surface area contributed by atoms with Gasteiger partial charge in [0.15, 0.2) is 12.5 Å². The molecule has 0 saturated carbocycles. The Hall–Kier alpha value is -4.45. The standard InChI is InChI=1S/C28H26N4O2/c1-29-24-16-9-8-15-23(24)27(22-13-6-3-7-14-22)31-26(20-33)30-25-17-10-18-32(28(25)34)19-21-11-4-2-5-12-21/h2-18,20,26,29-30H,19H2,1H3. The first-order valence-electron chi connectivity index (χ1n) is 11.0. The molecule has 0 aliphatic rings. The molecule has 4 rings (SSSR count). The molecule has 0 spiro atoms. The van der Waals surface area contributed by atoms with Gasteiger partial charge in [0.1, 0.15) is 5.69 Å². The Labute approximate surface area is 198 Å². The molecular weight excluding hydrogens is 424 g/mol. The average Bonchev–Trinajstić information content (AvgIpc) is 2.89. The van der Waals surface area contributed by atoms with Crippen LogP contribution in [0.15, 0.2) is 113 Å². The van der Waals surface area contributed by atoms with E-state index in [-0.39, 0.29) is 5.56 Å². The lowest BCUT2D eigenvalue weighted by Gasteiger charge is -2.16. The van der Waals surface area contributed by atoms with E-state index in [9.17, 15) is 9.59 Å². The fourth-order valence-electron chi connectivity index (χ4n) is 3.75. The summed E-state index contributed by atoms with van der Waals surface area (Å²) >= 11 is 0. The van der Waals surface area contributed by atoms with Crippen molar-refractivity contribution in [1.29, 1.82) is 0 Å². The van der Waals surface area contributed by atoms with Crippen LogP contribution in [0.4, 0.5) is 11.4 Å². The summed E-state index contributed by atoms with van der Waals surface area (Å²) in [7, 11) is 1.84. The molecule has 1 unspecified atom stereocenters. The minimum absolute atomic E-state index is 0.217. The second-order valence-electron chi connectivity index (χ2n) is 7.71. The van der Waals surface area contributed by atoms with E-state index in [1.165, 1.54) is 0 Å². The van der Waals surface area contributed by atoms with Crippen molar-refractivity contribution in [1.82, 2.24) is 4.57 Å². The lowest BCUT2D eigenvalue weighted by Crippen LogP contribution is -2.29. The number of para-hydroxylation sites is 1. The summed E-state index contributed by atoms with van der Waals surface area (Å²) in [5.74, 6) is 0. The normalized spacial score (nSPS) is 12.1.